The molecular weight excluding hydrogens is 474 g/mol. The first-order valence-electron chi connectivity index (χ1n) is 11.4. The van der Waals surface area contributed by atoms with Gasteiger partial charge in [0, 0.05) is 4.88 Å². The summed E-state index contributed by atoms with van der Waals surface area (Å²) in [6.45, 7) is 9.88. The number of carbonyl (C=O) groups is 1. The average Bonchev–Trinajstić information content (AvgIpc) is 3.27. The monoisotopic (exact) mass is 511 g/mol. The van der Waals surface area contributed by atoms with Crippen LogP contribution < -0.4 is 9.46 Å². The topological polar surface area (TPSA) is 102 Å². The van der Waals surface area contributed by atoms with Crippen LogP contribution in [0, 0.1) is 12.3 Å². The highest BCUT2D eigenvalue weighted by atomic mass is 32.2. The number of aliphatic hydroxyl groups is 1. The normalized spacial score (nSPS) is 14.0. The molecule has 1 heterocycles. The maximum atomic E-state index is 12.4. The fourth-order valence-corrected chi connectivity index (χ4v) is 5.89. The molecule has 0 radical (unpaired) electrons. The predicted octanol–water partition coefficient (Wildman–Crippen LogP) is 4.42. The minimum absolute atomic E-state index is 0.194. The van der Waals surface area contributed by atoms with Crippen LogP contribution in [0.5, 0.6) is 5.75 Å². The zero-order valence-corrected chi connectivity index (χ0v) is 22.5. The number of methoxy groups -OCH3 is 1. The van der Waals surface area contributed by atoms with E-state index < -0.39 is 28.6 Å². The van der Waals surface area contributed by atoms with E-state index in [0.717, 1.165) is 35.5 Å². The van der Waals surface area contributed by atoms with Crippen molar-refractivity contribution in [3.63, 3.8) is 0 Å². The van der Waals surface area contributed by atoms with Crippen molar-refractivity contribution in [1.82, 2.24) is 4.72 Å². The second-order valence-electron chi connectivity index (χ2n) is 9.49. The molecule has 0 bridgehead atoms. The Kier molecular flexibility index (Phi) is 10.1. The number of hydrogen-bond acceptors (Lipinski definition) is 7. The molecule has 2 rings (SSSR count). The van der Waals surface area contributed by atoms with Crippen LogP contribution in [-0.4, -0.2) is 45.9 Å². The van der Waals surface area contributed by atoms with Crippen molar-refractivity contribution in [2.45, 2.75) is 70.1 Å². The van der Waals surface area contributed by atoms with Gasteiger partial charge in [0.25, 0.3) is 10.0 Å². The Morgan fingerprint density at radius 2 is 1.91 bits per heavy atom. The standard InChI is InChI=1S/C25H37NO6S2/c1-7-19(21-12-13-24(33-21)34(29,30)26-15-23(28)31-6)10-8-18-9-11-20(17(2)14-18)32-16-22(27)25(3,4)5/h9,11-14,19,22,26-27H,7-8,10,15-16H2,1-6H3. The molecule has 0 saturated carbocycles. The summed E-state index contributed by atoms with van der Waals surface area (Å²) in [7, 11) is -2.54. The highest BCUT2D eigenvalue weighted by Crippen LogP contribution is 2.33. The molecule has 9 heteroatoms. The molecule has 0 aliphatic rings. The number of rotatable bonds is 12. The third kappa shape index (κ3) is 8.08. The number of carbonyl (C=O) groups excluding carboxylic acids is 1. The predicted molar refractivity (Wildman–Crippen MR) is 135 cm³/mol. The van der Waals surface area contributed by atoms with Crippen LogP contribution in [-0.2, 0) is 26.0 Å². The molecule has 0 spiro atoms. The number of nitrogens with one attached hydrogen (secondary N) is 1. The molecule has 7 nitrogen and oxygen atoms in total. The van der Waals surface area contributed by atoms with Crippen LogP contribution in [0.1, 0.15) is 62.5 Å². The van der Waals surface area contributed by atoms with Crippen LogP contribution in [0.3, 0.4) is 0 Å². The van der Waals surface area contributed by atoms with Crippen LogP contribution in [0.15, 0.2) is 34.5 Å². The second-order valence-corrected chi connectivity index (χ2v) is 12.6. The van der Waals surface area contributed by atoms with Gasteiger partial charge in [-0.2, -0.15) is 4.72 Å². The summed E-state index contributed by atoms with van der Waals surface area (Å²) in [5.74, 6) is 0.364. The first-order chi connectivity index (χ1) is 15.9. The highest BCUT2D eigenvalue weighted by Gasteiger charge is 2.23. The van der Waals surface area contributed by atoms with Gasteiger partial charge >= 0.3 is 5.97 Å². The van der Waals surface area contributed by atoms with Crippen LogP contribution in [0.4, 0.5) is 0 Å². The summed E-state index contributed by atoms with van der Waals surface area (Å²) in [6.07, 6.45) is 2.08. The number of aliphatic hydroxyl groups excluding tert-OH is 1. The largest absolute Gasteiger partial charge is 0.491 e. The van der Waals surface area contributed by atoms with Crippen molar-refractivity contribution < 1.29 is 27.8 Å². The lowest BCUT2D eigenvalue weighted by Gasteiger charge is -2.26. The summed E-state index contributed by atoms with van der Waals surface area (Å²) in [5, 5.41) is 10.2. The van der Waals surface area contributed by atoms with Gasteiger partial charge in [-0.05, 0) is 66.8 Å². The van der Waals surface area contributed by atoms with Gasteiger partial charge in [0.15, 0.2) is 0 Å². The Morgan fingerprint density at radius 3 is 2.50 bits per heavy atom. The molecule has 2 aromatic rings. The Bertz CT molecular complexity index is 1060. The van der Waals surface area contributed by atoms with Crippen LogP contribution in [0.25, 0.3) is 0 Å². The molecule has 190 valence electrons. The van der Waals surface area contributed by atoms with Crippen molar-refractivity contribution in [1.29, 1.82) is 0 Å². The number of benzene rings is 1. The van der Waals surface area contributed by atoms with E-state index in [1.165, 1.54) is 24.0 Å². The Balaban J connectivity index is 1.99. The van der Waals surface area contributed by atoms with E-state index in [9.17, 15) is 18.3 Å². The van der Waals surface area contributed by atoms with Gasteiger partial charge in [0.1, 0.15) is 23.1 Å². The minimum Gasteiger partial charge on any atom is -0.491 e. The summed E-state index contributed by atoms with van der Waals surface area (Å²) in [4.78, 5) is 12.3. The van der Waals surface area contributed by atoms with Gasteiger partial charge in [0.2, 0.25) is 0 Å². The van der Waals surface area contributed by atoms with Gasteiger partial charge in [-0.1, -0.05) is 39.8 Å². The summed E-state index contributed by atoms with van der Waals surface area (Å²) in [6, 6.07) is 9.54. The molecule has 0 saturated heterocycles. The zero-order valence-electron chi connectivity index (χ0n) is 20.9. The summed E-state index contributed by atoms with van der Waals surface area (Å²) in [5.41, 5.74) is 1.97. The summed E-state index contributed by atoms with van der Waals surface area (Å²) < 4.78 is 37.7. The van der Waals surface area contributed by atoms with E-state index in [1.807, 2.05) is 45.9 Å². The maximum Gasteiger partial charge on any atom is 0.320 e. The third-order valence-corrected chi connectivity index (χ3v) is 8.95. The smallest absolute Gasteiger partial charge is 0.320 e. The van der Waals surface area contributed by atoms with E-state index >= 15 is 0 Å². The molecule has 2 unspecified atom stereocenters. The number of aryl methyl sites for hydroxylation is 2. The third-order valence-electron chi connectivity index (χ3n) is 5.81. The maximum absolute atomic E-state index is 12.4. The van der Waals surface area contributed by atoms with Gasteiger partial charge < -0.3 is 14.6 Å². The van der Waals surface area contributed by atoms with Crippen molar-refractivity contribution in [3.05, 3.63) is 46.3 Å². The fraction of sp³-hybridized carbons (Fsp3) is 0.560. The lowest BCUT2D eigenvalue weighted by Crippen LogP contribution is -2.32. The number of sulfonamides is 1. The number of ether oxygens (including phenoxy) is 2. The number of thiophene rings is 1. The van der Waals surface area contributed by atoms with Crippen LogP contribution >= 0.6 is 11.3 Å². The molecule has 2 N–H and O–H groups in total. The van der Waals surface area contributed by atoms with Crippen LogP contribution in [0.2, 0.25) is 0 Å². The number of esters is 1. The first-order valence-corrected chi connectivity index (χ1v) is 13.7. The number of hydrogen-bond donors (Lipinski definition) is 2. The quantitative estimate of drug-likeness (QED) is 0.409. The van der Waals surface area contributed by atoms with Crippen molar-refractivity contribution in [2.75, 3.05) is 20.3 Å². The molecule has 0 amide bonds. The molecule has 0 fully saturated rings. The first kappa shape index (κ1) is 28.3. The molecule has 0 aliphatic heterocycles. The molecule has 0 aliphatic carbocycles. The van der Waals surface area contributed by atoms with Crippen molar-refractivity contribution in [3.8, 4) is 5.75 Å². The van der Waals surface area contributed by atoms with E-state index in [1.54, 1.807) is 6.07 Å². The van der Waals surface area contributed by atoms with E-state index in [4.69, 9.17) is 4.74 Å². The molecular formula is C25H37NO6S2. The average molecular weight is 512 g/mol. The van der Waals surface area contributed by atoms with Crippen molar-refractivity contribution in [2.24, 2.45) is 5.41 Å². The van der Waals surface area contributed by atoms with Crippen molar-refractivity contribution >= 4 is 27.3 Å². The van der Waals surface area contributed by atoms with E-state index in [0.29, 0.717) is 0 Å². The minimum atomic E-state index is -3.75. The van der Waals surface area contributed by atoms with Gasteiger partial charge in [-0.25, -0.2) is 8.42 Å². The molecule has 1 aromatic carbocycles. The molecule has 1 aromatic heterocycles. The second kappa shape index (κ2) is 12.2. The molecule has 2 atom stereocenters. The fourth-order valence-electron chi connectivity index (χ4n) is 3.33. The summed E-state index contributed by atoms with van der Waals surface area (Å²) >= 11 is 1.24. The van der Waals surface area contributed by atoms with Gasteiger partial charge in [-0.3, -0.25) is 4.79 Å². The lowest BCUT2D eigenvalue weighted by molar-refractivity contribution is -0.139. The van der Waals surface area contributed by atoms with E-state index in [2.05, 4.69) is 22.4 Å². The zero-order chi connectivity index (χ0) is 25.5. The van der Waals surface area contributed by atoms with E-state index in [-0.39, 0.29) is 22.1 Å². The molecule has 34 heavy (non-hydrogen) atoms. The lowest BCUT2D eigenvalue weighted by atomic mass is 9.90. The van der Waals surface area contributed by atoms with Gasteiger partial charge in [0.05, 0.1) is 13.2 Å². The Labute approximate surface area is 207 Å². The Morgan fingerprint density at radius 1 is 1.21 bits per heavy atom. The van der Waals surface area contributed by atoms with Gasteiger partial charge in [-0.15, -0.1) is 11.3 Å². The highest BCUT2D eigenvalue weighted by molar-refractivity contribution is 7.91. The Hall–Kier alpha value is -1.94. The SMILES string of the molecule is CCC(CCc1ccc(OCC(O)C(C)(C)C)c(C)c1)c1ccc(S(=O)(=O)NCC(=O)OC)s1.